The molecule has 6 heteroatoms. The number of carbonyl (C=O) groups is 1. The normalized spacial score (nSPS) is 21.6. The van der Waals surface area contributed by atoms with E-state index >= 15 is 0 Å². The second kappa shape index (κ2) is 10.3. The SMILES string of the molecule is Cc1ccc(COc2ccc3c(C)c(CCC(=O)N4CC[C@]5(O)CCCC[C@@H]5C4)c(=O)oc3c2C)cc1. The van der Waals surface area contributed by atoms with Gasteiger partial charge in [0.15, 0.2) is 0 Å². The van der Waals surface area contributed by atoms with E-state index in [4.69, 9.17) is 9.15 Å². The molecule has 1 amide bonds. The standard InChI is InChI=1S/C31H37NO5/c1-20-7-9-23(10-8-20)19-36-27-13-11-25-21(2)26(30(34)37-29(25)22(27)3)12-14-28(33)32-17-16-31(35)15-5-4-6-24(31)18-32/h7-11,13,24,35H,4-6,12,14-19H2,1-3H3/t24-,31-/m1/s1. The minimum Gasteiger partial charge on any atom is -0.488 e. The van der Waals surface area contributed by atoms with Crippen molar-refractivity contribution in [2.75, 3.05) is 13.1 Å². The zero-order valence-electron chi connectivity index (χ0n) is 22.1. The van der Waals surface area contributed by atoms with E-state index in [-0.39, 0.29) is 18.2 Å². The number of aliphatic hydroxyl groups is 1. The molecule has 2 aromatic carbocycles. The van der Waals surface area contributed by atoms with Crippen molar-refractivity contribution >= 4 is 16.9 Å². The van der Waals surface area contributed by atoms with Gasteiger partial charge in [-0.3, -0.25) is 4.79 Å². The highest BCUT2D eigenvalue weighted by atomic mass is 16.5. The molecule has 1 aromatic heterocycles. The molecule has 3 aromatic rings. The van der Waals surface area contributed by atoms with Gasteiger partial charge < -0.3 is 19.2 Å². The molecule has 2 atom stereocenters. The van der Waals surface area contributed by atoms with Gasteiger partial charge in [0.2, 0.25) is 5.91 Å². The second-order valence-electron chi connectivity index (χ2n) is 11.0. The van der Waals surface area contributed by atoms with Crippen molar-refractivity contribution in [1.29, 1.82) is 0 Å². The largest absolute Gasteiger partial charge is 0.488 e. The van der Waals surface area contributed by atoms with E-state index in [1.54, 1.807) is 0 Å². The number of benzene rings is 2. The molecule has 37 heavy (non-hydrogen) atoms. The summed E-state index contributed by atoms with van der Waals surface area (Å²) in [6.07, 6.45) is 5.26. The van der Waals surface area contributed by atoms with Gasteiger partial charge in [-0.1, -0.05) is 42.7 Å². The van der Waals surface area contributed by atoms with Crippen LogP contribution in [0.4, 0.5) is 0 Å². The molecule has 0 bridgehead atoms. The average Bonchev–Trinajstić information content (AvgIpc) is 2.89. The fraction of sp³-hybridized carbons (Fsp3) is 0.484. The topological polar surface area (TPSA) is 80.0 Å². The first-order valence-electron chi connectivity index (χ1n) is 13.5. The highest BCUT2D eigenvalue weighted by Crippen LogP contribution is 2.40. The maximum absolute atomic E-state index is 13.0. The number of hydrogen-bond donors (Lipinski definition) is 1. The molecule has 2 heterocycles. The number of ether oxygens (including phenoxy) is 1. The van der Waals surface area contributed by atoms with Crippen molar-refractivity contribution in [2.24, 2.45) is 5.92 Å². The summed E-state index contributed by atoms with van der Waals surface area (Å²) in [5.41, 5.74) is 4.01. The molecule has 1 saturated heterocycles. The molecule has 1 N–H and O–H groups in total. The predicted octanol–water partition coefficient (Wildman–Crippen LogP) is 5.38. The van der Waals surface area contributed by atoms with Crippen LogP contribution in [0.2, 0.25) is 0 Å². The summed E-state index contributed by atoms with van der Waals surface area (Å²) in [7, 11) is 0. The Balaban J connectivity index is 1.28. The van der Waals surface area contributed by atoms with Crippen LogP contribution in [-0.4, -0.2) is 34.6 Å². The van der Waals surface area contributed by atoms with Crippen LogP contribution in [0.1, 0.15) is 66.3 Å². The van der Waals surface area contributed by atoms with Crippen molar-refractivity contribution in [3.05, 3.63) is 74.6 Å². The van der Waals surface area contributed by atoms with Crippen LogP contribution in [0.5, 0.6) is 5.75 Å². The molecule has 1 aliphatic carbocycles. The number of nitrogens with zero attached hydrogens (tertiary/aromatic N) is 1. The second-order valence-corrected chi connectivity index (χ2v) is 11.0. The van der Waals surface area contributed by atoms with Crippen LogP contribution in [-0.2, 0) is 17.8 Å². The molecule has 5 rings (SSSR count). The lowest BCUT2D eigenvalue weighted by molar-refractivity contribution is -0.143. The van der Waals surface area contributed by atoms with Crippen molar-refractivity contribution in [3.8, 4) is 5.75 Å². The Kier molecular flexibility index (Phi) is 7.13. The lowest BCUT2D eigenvalue weighted by atomic mass is 9.71. The molecule has 2 fully saturated rings. The maximum Gasteiger partial charge on any atom is 0.339 e. The summed E-state index contributed by atoms with van der Waals surface area (Å²) in [6, 6.07) is 12.1. The summed E-state index contributed by atoms with van der Waals surface area (Å²) in [5, 5.41) is 11.8. The maximum atomic E-state index is 13.0. The van der Waals surface area contributed by atoms with Gasteiger partial charge in [-0.15, -0.1) is 0 Å². The fourth-order valence-corrected chi connectivity index (χ4v) is 6.05. The minimum absolute atomic E-state index is 0.0440. The van der Waals surface area contributed by atoms with Crippen LogP contribution in [0.3, 0.4) is 0 Å². The monoisotopic (exact) mass is 503 g/mol. The van der Waals surface area contributed by atoms with Gasteiger partial charge in [-0.2, -0.15) is 0 Å². The predicted molar refractivity (Wildman–Crippen MR) is 144 cm³/mol. The van der Waals surface area contributed by atoms with Crippen LogP contribution >= 0.6 is 0 Å². The lowest BCUT2D eigenvalue weighted by Crippen LogP contribution is -2.54. The number of carbonyl (C=O) groups excluding carboxylic acids is 1. The lowest BCUT2D eigenvalue weighted by Gasteiger charge is -2.47. The average molecular weight is 504 g/mol. The van der Waals surface area contributed by atoms with Gasteiger partial charge in [0, 0.05) is 41.9 Å². The van der Waals surface area contributed by atoms with Gasteiger partial charge >= 0.3 is 5.63 Å². The van der Waals surface area contributed by atoms with Crippen molar-refractivity contribution in [3.63, 3.8) is 0 Å². The molecule has 0 radical (unpaired) electrons. The Bertz CT molecular complexity index is 1360. The zero-order valence-corrected chi connectivity index (χ0v) is 22.1. The third-order valence-electron chi connectivity index (χ3n) is 8.54. The van der Waals surface area contributed by atoms with E-state index in [0.717, 1.165) is 47.8 Å². The third-order valence-corrected chi connectivity index (χ3v) is 8.54. The van der Waals surface area contributed by atoms with Gasteiger partial charge in [-0.05, 0) is 69.7 Å². The molecule has 1 aliphatic heterocycles. The minimum atomic E-state index is -0.606. The summed E-state index contributed by atoms with van der Waals surface area (Å²) in [6.45, 7) is 7.52. The number of fused-ring (bicyclic) bond motifs is 2. The Morgan fingerprint density at radius 2 is 1.86 bits per heavy atom. The van der Waals surface area contributed by atoms with Gasteiger partial charge in [-0.25, -0.2) is 4.79 Å². The molecule has 2 aliphatic rings. The van der Waals surface area contributed by atoms with E-state index in [2.05, 4.69) is 19.1 Å². The van der Waals surface area contributed by atoms with Gasteiger partial charge in [0.25, 0.3) is 0 Å². The van der Waals surface area contributed by atoms with E-state index in [0.29, 0.717) is 49.4 Å². The number of piperidine rings is 1. The van der Waals surface area contributed by atoms with Crippen LogP contribution in [0.25, 0.3) is 11.0 Å². The van der Waals surface area contributed by atoms with Crippen LogP contribution < -0.4 is 10.4 Å². The number of aryl methyl sites for hydroxylation is 3. The molecule has 6 nitrogen and oxygen atoms in total. The quantitative estimate of drug-likeness (QED) is 0.457. The molecular weight excluding hydrogens is 466 g/mol. The Labute approximate surface area is 218 Å². The molecule has 0 unspecified atom stereocenters. The third kappa shape index (κ3) is 5.17. The Morgan fingerprint density at radius 1 is 1.08 bits per heavy atom. The van der Waals surface area contributed by atoms with Crippen molar-refractivity contribution in [2.45, 2.75) is 77.9 Å². The Morgan fingerprint density at radius 3 is 2.65 bits per heavy atom. The van der Waals surface area contributed by atoms with Crippen molar-refractivity contribution in [1.82, 2.24) is 4.90 Å². The van der Waals surface area contributed by atoms with E-state index < -0.39 is 11.2 Å². The fourth-order valence-electron chi connectivity index (χ4n) is 6.05. The molecular formula is C31H37NO5. The smallest absolute Gasteiger partial charge is 0.339 e. The zero-order chi connectivity index (χ0) is 26.2. The number of rotatable bonds is 6. The van der Waals surface area contributed by atoms with E-state index in [9.17, 15) is 14.7 Å². The summed E-state index contributed by atoms with van der Waals surface area (Å²) >= 11 is 0. The highest BCUT2D eigenvalue weighted by Gasteiger charge is 2.43. The number of amides is 1. The first kappa shape index (κ1) is 25.5. The first-order chi connectivity index (χ1) is 17.7. The number of likely N-dealkylation sites (tertiary alicyclic amines) is 1. The molecule has 196 valence electrons. The molecule has 0 spiro atoms. The van der Waals surface area contributed by atoms with Gasteiger partial charge in [0.05, 0.1) is 5.60 Å². The van der Waals surface area contributed by atoms with Crippen LogP contribution in [0.15, 0.2) is 45.6 Å². The van der Waals surface area contributed by atoms with E-state index in [1.165, 1.54) is 5.56 Å². The highest BCUT2D eigenvalue weighted by molar-refractivity contribution is 5.86. The van der Waals surface area contributed by atoms with Gasteiger partial charge in [0.1, 0.15) is 17.9 Å². The summed E-state index contributed by atoms with van der Waals surface area (Å²) in [4.78, 5) is 27.9. The van der Waals surface area contributed by atoms with Crippen LogP contribution in [0, 0.1) is 26.7 Å². The molecule has 1 saturated carbocycles. The Hall–Kier alpha value is -3.12. The first-order valence-corrected chi connectivity index (χ1v) is 13.5. The summed E-state index contributed by atoms with van der Waals surface area (Å²) < 4.78 is 11.8. The van der Waals surface area contributed by atoms with Crippen molar-refractivity contribution < 1.29 is 19.1 Å². The van der Waals surface area contributed by atoms with E-state index in [1.807, 2.05) is 43.0 Å². The number of hydrogen-bond acceptors (Lipinski definition) is 5. The summed E-state index contributed by atoms with van der Waals surface area (Å²) in [5.74, 6) is 0.894.